The van der Waals surface area contributed by atoms with Crippen LogP contribution in [0.3, 0.4) is 0 Å². The van der Waals surface area contributed by atoms with Gasteiger partial charge < -0.3 is 4.84 Å². The average Bonchev–Trinajstić information content (AvgIpc) is 2.34. The Morgan fingerprint density at radius 1 is 1.58 bits per heavy atom. The molecular weight excluding hydrogens is 158 g/mol. The van der Waals surface area contributed by atoms with Crippen molar-refractivity contribution in [2.24, 2.45) is 0 Å². The highest BCUT2D eigenvalue weighted by Gasteiger charge is 2.21. The van der Waals surface area contributed by atoms with Crippen molar-refractivity contribution in [3.8, 4) is 0 Å². The number of rotatable bonds is 2. The molecule has 0 atom stereocenters. The van der Waals surface area contributed by atoms with Crippen molar-refractivity contribution in [3.05, 3.63) is 12.2 Å². The zero-order valence-electron chi connectivity index (χ0n) is 7.31. The summed E-state index contributed by atoms with van der Waals surface area (Å²) in [7, 11) is 0. The lowest BCUT2D eigenvalue weighted by Crippen LogP contribution is -2.23. The minimum Gasteiger partial charge on any atom is -0.321 e. The van der Waals surface area contributed by atoms with Crippen LogP contribution < -0.4 is 4.84 Å². The number of hydrogen-bond acceptors (Lipinski definition) is 4. The lowest BCUT2D eigenvalue weighted by atomic mass is 9.96. The van der Waals surface area contributed by atoms with E-state index in [4.69, 9.17) is 0 Å². The van der Waals surface area contributed by atoms with Crippen LogP contribution >= 0.6 is 0 Å². The van der Waals surface area contributed by atoms with Crippen molar-refractivity contribution in [1.82, 2.24) is 14.9 Å². The van der Waals surface area contributed by atoms with E-state index in [9.17, 15) is 4.79 Å². The Bertz CT molecular complexity index is 274. The van der Waals surface area contributed by atoms with E-state index in [1.165, 1.54) is 6.33 Å². The summed E-state index contributed by atoms with van der Waals surface area (Å²) in [5.41, 5.74) is -0.181. The van der Waals surface area contributed by atoms with Crippen LogP contribution in [0.15, 0.2) is 6.33 Å². The Hall–Kier alpha value is -1.39. The Morgan fingerprint density at radius 3 is 2.75 bits per heavy atom. The molecule has 0 unspecified atom stereocenters. The summed E-state index contributed by atoms with van der Waals surface area (Å²) in [4.78, 5) is 19.7. The van der Waals surface area contributed by atoms with E-state index in [-0.39, 0.29) is 5.41 Å². The zero-order valence-corrected chi connectivity index (χ0v) is 7.31. The van der Waals surface area contributed by atoms with E-state index in [2.05, 4.69) is 14.9 Å². The van der Waals surface area contributed by atoms with Gasteiger partial charge >= 0.3 is 6.47 Å². The molecule has 0 saturated heterocycles. The van der Waals surface area contributed by atoms with Gasteiger partial charge in [0, 0.05) is 5.41 Å². The van der Waals surface area contributed by atoms with E-state index in [0.29, 0.717) is 12.3 Å². The summed E-state index contributed by atoms with van der Waals surface area (Å²) < 4.78 is 0. The normalized spacial score (nSPS) is 11.2. The summed E-state index contributed by atoms with van der Waals surface area (Å²) in [6.45, 7) is 6.20. The van der Waals surface area contributed by atoms with Crippen LogP contribution in [0.2, 0.25) is 0 Å². The Labute approximate surface area is 70.3 Å². The molecule has 1 rings (SSSR count). The predicted octanol–water partition coefficient (Wildman–Crippen LogP) is 0.161. The van der Waals surface area contributed by atoms with E-state index in [1.54, 1.807) is 0 Å². The Morgan fingerprint density at radius 2 is 2.25 bits per heavy atom. The first-order valence-electron chi connectivity index (χ1n) is 3.57. The van der Waals surface area contributed by atoms with Crippen molar-refractivity contribution in [1.29, 1.82) is 0 Å². The summed E-state index contributed by atoms with van der Waals surface area (Å²) in [6.07, 6.45) is 1.35. The molecule has 0 saturated carbocycles. The third-order valence-electron chi connectivity index (χ3n) is 1.33. The first-order valence-corrected chi connectivity index (χ1v) is 3.57. The van der Waals surface area contributed by atoms with Crippen molar-refractivity contribution < 1.29 is 9.63 Å². The molecule has 0 fully saturated rings. The van der Waals surface area contributed by atoms with Gasteiger partial charge in [-0.1, -0.05) is 25.6 Å². The highest BCUT2D eigenvalue weighted by molar-refractivity contribution is 5.37. The Balaban J connectivity index is 2.99. The number of hydrogen-bond donors (Lipinski definition) is 0. The monoisotopic (exact) mass is 169 g/mol. The van der Waals surface area contributed by atoms with Gasteiger partial charge in [-0.05, 0) is 0 Å². The topological polar surface area (TPSA) is 57.0 Å². The van der Waals surface area contributed by atoms with Gasteiger partial charge in [-0.25, -0.2) is 4.98 Å². The van der Waals surface area contributed by atoms with Gasteiger partial charge in [0.2, 0.25) is 0 Å². The largest absolute Gasteiger partial charge is 0.323 e. The summed E-state index contributed by atoms with van der Waals surface area (Å²) in [5, 5.41) is 3.72. The smallest absolute Gasteiger partial charge is 0.321 e. The molecule has 1 heterocycles. The summed E-state index contributed by atoms with van der Waals surface area (Å²) in [5.74, 6) is 0.620. The maximum absolute atomic E-state index is 10.0. The number of aromatic nitrogens is 3. The number of carbonyl (C=O) groups excluding carboxylic acids is 1. The molecule has 1 aromatic rings. The molecule has 1 aromatic heterocycles. The summed E-state index contributed by atoms with van der Waals surface area (Å²) >= 11 is 0. The van der Waals surface area contributed by atoms with Gasteiger partial charge in [-0.15, -0.1) is 5.10 Å². The van der Waals surface area contributed by atoms with Crippen LogP contribution in [-0.4, -0.2) is 21.4 Å². The molecule has 0 aliphatic carbocycles. The SMILES string of the molecule is CC(C)(C)c1ncnn1OC=O. The van der Waals surface area contributed by atoms with Crippen LogP contribution in [0.1, 0.15) is 26.6 Å². The maximum atomic E-state index is 10.0. The molecular formula is C7H11N3O2. The molecule has 66 valence electrons. The van der Waals surface area contributed by atoms with Gasteiger partial charge in [0.25, 0.3) is 0 Å². The van der Waals surface area contributed by atoms with Crippen LogP contribution in [-0.2, 0) is 10.2 Å². The first kappa shape index (κ1) is 8.70. The third kappa shape index (κ3) is 1.61. The first-order chi connectivity index (χ1) is 5.55. The van der Waals surface area contributed by atoms with E-state index in [0.717, 1.165) is 4.85 Å². The molecule has 5 nitrogen and oxygen atoms in total. The molecule has 0 aromatic carbocycles. The highest BCUT2D eigenvalue weighted by Crippen LogP contribution is 2.17. The zero-order chi connectivity index (χ0) is 9.19. The van der Waals surface area contributed by atoms with Crippen LogP contribution in [0, 0.1) is 0 Å². The van der Waals surface area contributed by atoms with Crippen molar-refractivity contribution >= 4 is 6.47 Å². The molecule has 0 bridgehead atoms. The third-order valence-corrected chi connectivity index (χ3v) is 1.33. The molecule has 0 radical (unpaired) electrons. The molecule has 0 aliphatic rings. The number of carbonyl (C=O) groups is 1. The number of nitrogens with zero attached hydrogens (tertiary/aromatic N) is 3. The fourth-order valence-electron chi connectivity index (χ4n) is 0.830. The average molecular weight is 169 g/mol. The minimum atomic E-state index is -0.181. The van der Waals surface area contributed by atoms with Gasteiger partial charge in [-0.3, -0.25) is 4.79 Å². The maximum Gasteiger partial charge on any atom is 0.323 e. The van der Waals surface area contributed by atoms with E-state index in [1.807, 2.05) is 20.8 Å². The van der Waals surface area contributed by atoms with E-state index >= 15 is 0 Å². The minimum absolute atomic E-state index is 0.181. The fraction of sp³-hybridized carbons (Fsp3) is 0.571. The standard InChI is InChI=1S/C7H11N3O2/c1-7(2,3)6-8-4-9-10(6)12-5-11/h4-5H,1-3H3. The van der Waals surface area contributed by atoms with Gasteiger partial charge in [-0.2, -0.15) is 0 Å². The van der Waals surface area contributed by atoms with Crippen LogP contribution in [0.4, 0.5) is 0 Å². The molecule has 0 amide bonds. The second-order valence-corrected chi connectivity index (χ2v) is 3.41. The van der Waals surface area contributed by atoms with Crippen molar-refractivity contribution in [2.45, 2.75) is 26.2 Å². The van der Waals surface area contributed by atoms with Crippen LogP contribution in [0.5, 0.6) is 0 Å². The van der Waals surface area contributed by atoms with Gasteiger partial charge in [0.15, 0.2) is 5.82 Å². The molecule has 5 heteroatoms. The fourth-order valence-corrected chi connectivity index (χ4v) is 0.830. The lowest BCUT2D eigenvalue weighted by Gasteiger charge is -2.15. The van der Waals surface area contributed by atoms with Crippen molar-refractivity contribution in [2.75, 3.05) is 0 Å². The second kappa shape index (κ2) is 2.92. The van der Waals surface area contributed by atoms with Crippen LogP contribution in [0.25, 0.3) is 0 Å². The quantitative estimate of drug-likeness (QED) is 0.592. The van der Waals surface area contributed by atoms with Gasteiger partial charge in [0.05, 0.1) is 0 Å². The highest BCUT2D eigenvalue weighted by atomic mass is 16.7. The second-order valence-electron chi connectivity index (χ2n) is 3.41. The lowest BCUT2D eigenvalue weighted by molar-refractivity contribution is -0.131. The molecule has 0 aliphatic heterocycles. The molecule has 0 N–H and O–H groups in total. The van der Waals surface area contributed by atoms with Crippen molar-refractivity contribution in [3.63, 3.8) is 0 Å². The molecule has 0 spiro atoms. The molecule has 12 heavy (non-hydrogen) atoms. The predicted molar refractivity (Wildman–Crippen MR) is 41.4 cm³/mol. The Kier molecular flexibility index (Phi) is 2.12. The summed E-state index contributed by atoms with van der Waals surface area (Å²) in [6, 6.07) is 0. The van der Waals surface area contributed by atoms with Gasteiger partial charge in [0.1, 0.15) is 6.33 Å². The van der Waals surface area contributed by atoms with E-state index < -0.39 is 0 Å².